The summed E-state index contributed by atoms with van der Waals surface area (Å²) in [6.07, 6.45) is 3.20. The molecule has 1 aromatic carbocycles. The molecule has 4 rings (SSSR count). The van der Waals surface area contributed by atoms with Crippen LogP contribution < -0.4 is 10.1 Å². The van der Waals surface area contributed by atoms with Crippen molar-refractivity contribution in [1.82, 2.24) is 4.90 Å². The number of Topliss-reactive ketones (excluding diaryl/α,β-unsaturated/α-hetero) is 2. The van der Waals surface area contributed by atoms with Gasteiger partial charge >= 0.3 is 0 Å². The fraction of sp³-hybridized carbons (Fsp3) is 0.571. The molecule has 1 unspecified atom stereocenters. The summed E-state index contributed by atoms with van der Waals surface area (Å²) in [5.74, 6) is 0.889. The Morgan fingerprint density at radius 1 is 1.41 bits per heavy atom. The maximum absolute atomic E-state index is 13.5. The van der Waals surface area contributed by atoms with Crippen LogP contribution in [0.3, 0.4) is 0 Å². The summed E-state index contributed by atoms with van der Waals surface area (Å²) in [6, 6.07) is 5.68. The minimum absolute atomic E-state index is 0.0364. The molecule has 6 heteroatoms. The standard InChI is InChI=1S/C21H26N2O4/c1-3-13-11-23-8-7-21(18(23)10-14(13)9-15(25)12-24)20(26)19-16(22-21)5-4-6-17(19)27-2/h4-6,12-14,18,22H,3,7-11H2,1-2H3/t13-,14+,18-,21?/m0/s1. The van der Waals surface area contributed by atoms with Crippen molar-refractivity contribution in [3.63, 3.8) is 0 Å². The van der Waals surface area contributed by atoms with Crippen LogP contribution in [0.5, 0.6) is 5.75 Å². The summed E-state index contributed by atoms with van der Waals surface area (Å²) in [5.41, 5.74) is 0.817. The molecule has 0 aliphatic carbocycles. The monoisotopic (exact) mass is 370 g/mol. The number of methoxy groups -OCH3 is 1. The van der Waals surface area contributed by atoms with Gasteiger partial charge in [0.25, 0.3) is 0 Å². The van der Waals surface area contributed by atoms with Gasteiger partial charge < -0.3 is 10.1 Å². The third-order valence-electron chi connectivity index (χ3n) is 6.82. The Morgan fingerprint density at radius 2 is 2.22 bits per heavy atom. The Balaban J connectivity index is 1.66. The van der Waals surface area contributed by atoms with Gasteiger partial charge in [0, 0.05) is 31.2 Å². The highest BCUT2D eigenvalue weighted by molar-refractivity contribution is 6.25. The Kier molecular flexibility index (Phi) is 4.54. The molecule has 4 atom stereocenters. The lowest BCUT2D eigenvalue weighted by Crippen LogP contribution is -2.57. The molecule has 2 fully saturated rings. The molecule has 0 saturated carbocycles. The van der Waals surface area contributed by atoms with Gasteiger partial charge in [0.2, 0.25) is 0 Å². The minimum Gasteiger partial charge on any atom is -0.496 e. The lowest BCUT2D eigenvalue weighted by atomic mass is 9.73. The molecule has 0 bridgehead atoms. The van der Waals surface area contributed by atoms with Gasteiger partial charge in [-0.2, -0.15) is 0 Å². The summed E-state index contributed by atoms with van der Waals surface area (Å²) in [7, 11) is 1.59. The van der Waals surface area contributed by atoms with Crippen LogP contribution in [0.1, 0.15) is 43.0 Å². The first-order chi connectivity index (χ1) is 13.0. The van der Waals surface area contributed by atoms with Gasteiger partial charge in [-0.1, -0.05) is 19.4 Å². The average molecular weight is 370 g/mol. The molecule has 3 heterocycles. The fourth-order valence-electron chi connectivity index (χ4n) is 5.44. The molecule has 1 spiro atoms. The van der Waals surface area contributed by atoms with Gasteiger partial charge in [-0.05, 0) is 36.8 Å². The first kappa shape index (κ1) is 18.2. The summed E-state index contributed by atoms with van der Waals surface area (Å²) >= 11 is 0. The van der Waals surface area contributed by atoms with Crippen molar-refractivity contribution >= 4 is 23.5 Å². The van der Waals surface area contributed by atoms with Crippen LogP contribution in [-0.4, -0.2) is 54.5 Å². The van der Waals surface area contributed by atoms with Crippen LogP contribution in [0.4, 0.5) is 5.69 Å². The second-order valence-electron chi connectivity index (χ2n) is 8.02. The number of hydrogen-bond donors (Lipinski definition) is 1. The van der Waals surface area contributed by atoms with E-state index in [9.17, 15) is 14.4 Å². The molecule has 0 aromatic heterocycles. The first-order valence-corrected chi connectivity index (χ1v) is 9.76. The van der Waals surface area contributed by atoms with E-state index in [1.807, 2.05) is 18.2 Å². The number of nitrogens with one attached hydrogen (secondary N) is 1. The summed E-state index contributed by atoms with van der Waals surface area (Å²) in [6.45, 7) is 3.88. The van der Waals surface area contributed by atoms with Crippen molar-refractivity contribution < 1.29 is 19.1 Å². The SMILES string of the molecule is CC[C@H]1CN2CCC3(Nc4cccc(OC)c4C3=O)[C@@H]2C[C@H]1CC(=O)C=O. The Bertz CT molecular complexity index is 792. The summed E-state index contributed by atoms with van der Waals surface area (Å²) < 4.78 is 5.43. The molecule has 144 valence electrons. The van der Waals surface area contributed by atoms with Crippen molar-refractivity contribution in [2.24, 2.45) is 11.8 Å². The van der Waals surface area contributed by atoms with E-state index < -0.39 is 5.54 Å². The second-order valence-corrected chi connectivity index (χ2v) is 8.02. The van der Waals surface area contributed by atoms with Gasteiger partial charge in [-0.15, -0.1) is 0 Å². The average Bonchev–Trinajstić information content (AvgIpc) is 3.19. The van der Waals surface area contributed by atoms with E-state index in [1.165, 1.54) is 0 Å². The number of piperidine rings is 1. The molecular formula is C21H26N2O4. The minimum atomic E-state index is -0.655. The summed E-state index contributed by atoms with van der Waals surface area (Å²) in [4.78, 5) is 38.6. The molecule has 3 aliphatic rings. The normalized spacial score (nSPS) is 32.1. The highest BCUT2D eigenvalue weighted by Gasteiger charge is 2.59. The number of benzene rings is 1. The van der Waals surface area contributed by atoms with Crippen LogP contribution in [-0.2, 0) is 9.59 Å². The lowest BCUT2D eigenvalue weighted by Gasteiger charge is -2.44. The maximum atomic E-state index is 13.5. The van der Waals surface area contributed by atoms with Crippen LogP contribution in [0, 0.1) is 11.8 Å². The van der Waals surface area contributed by atoms with E-state index in [0.717, 1.165) is 38.0 Å². The van der Waals surface area contributed by atoms with E-state index >= 15 is 0 Å². The number of rotatable bonds is 5. The van der Waals surface area contributed by atoms with Crippen molar-refractivity contribution in [2.75, 3.05) is 25.5 Å². The number of hydrogen-bond acceptors (Lipinski definition) is 6. The quantitative estimate of drug-likeness (QED) is 0.633. The number of ketones is 2. The Labute approximate surface area is 159 Å². The third kappa shape index (κ3) is 2.69. The van der Waals surface area contributed by atoms with Crippen LogP contribution >= 0.6 is 0 Å². The lowest BCUT2D eigenvalue weighted by molar-refractivity contribution is -0.131. The Morgan fingerprint density at radius 3 is 2.93 bits per heavy atom. The van der Waals surface area contributed by atoms with E-state index in [1.54, 1.807) is 7.11 Å². The van der Waals surface area contributed by atoms with Gasteiger partial charge in [0.05, 0.1) is 12.7 Å². The van der Waals surface area contributed by atoms with Crippen molar-refractivity contribution in [3.05, 3.63) is 23.8 Å². The van der Waals surface area contributed by atoms with Crippen LogP contribution in [0.15, 0.2) is 18.2 Å². The van der Waals surface area contributed by atoms with Gasteiger partial charge in [-0.3, -0.25) is 19.3 Å². The molecule has 1 aromatic rings. The predicted molar refractivity (Wildman–Crippen MR) is 101 cm³/mol. The van der Waals surface area contributed by atoms with E-state index in [2.05, 4.69) is 17.1 Å². The number of carbonyl (C=O) groups is 3. The number of carbonyl (C=O) groups excluding carboxylic acids is 3. The van der Waals surface area contributed by atoms with E-state index in [0.29, 0.717) is 23.5 Å². The molecular weight excluding hydrogens is 344 g/mol. The van der Waals surface area contributed by atoms with Crippen LogP contribution in [0.25, 0.3) is 0 Å². The van der Waals surface area contributed by atoms with E-state index in [-0.39, 0.29) is 29.9 Å². The number of nitrogens with zero attached hydrogens (tertiary/aromatic N) is 1. The maximum Gasteiger partial charge on any atom is 0.195 e. The zero-order valence-electron chi connectivity index (χ0n) is 15.9. The smallest absolute Gasteiger partial charge is 0.195 e. The van der Waals surface area contributed by atoms with E-state index in [4.69, 9.17) is 4.74 Å². The number of fused-ring (bicyclic) bond motifs is 3. The molecule has 0 radical (unpaired) electrons. The van der Waals surface area contributed by atoms with Crippen molar-refractivity contribution in [2.45, 2.75) is 44.2 Å². The van der Waals surface area contributed by atoms with Crippen LogP contribution in [0.2, 0.25) is 0 Å². The molecule has 2 saturated heterocycles. The predicted octanol–water partition coefficient (Wildman–Crippen LogP) is 2.32. The van der Waals surface area contributed by atoms with Gasteiger partial charge in [-0.25, -0.2) is 0 Å². The molecule has 3 aliphatic heterocycles. The topological polar surface area (TPSA) is 75.7 Å². The fourth-order valence-corrected chi connectivity index (χ4v) is 5.44. The second kappa shape index (κ2) is 6.75. The zero-order chi connectivity index (χ0) is 19.2. The molecule has 1 N–H and O–H groups in total. The first-order valence-electron chi connectivity index (χ1n) is 9.76. The summed E-state index contributed by atoms with van der Waals surface area (Å²) in [5, 5.41) is 3.53. The molecule has 6 nitrogen and oxygen atoms in total. The molecule has 0 amide bonds. The number of ether oxygens (including phenoxy) is 1. The Hall–Kier alpha value is -2.21. The van der Waals surface area contributed by atoms with Gasteiger partial charge in [0.1, 0.15) is 11.3 Å². The largest absolute Gasteiger partial charge is 0.496 e. The van der Waals surface area contributed by atoms with Crippen molar-refractivity contribution in [1.29, 1.82) is 0 Å². The van der Waals surface area contributed by atoms with Crippen molar-refractivity contribution in [3.8, 4) is 5.75 Å². The highest BCUT2D eigenvalue weighted by Crippen LogP contribution is 2.49. The zero-order valence-corrected chi connectivity index (χ0v) is 15.9. The molecule has 27 heavy (non-hydrogen) atoms. The highest BCUT2D eigenvalue weighted by atomic mass is 16.5. The number of aldehydes is 1. The third-order valence-corrected chi connectivity index (χ3v) is 6.82. The van der Waals surface area contributed by atoms with Gasteiger partial charge in [0.15, 0.2) is 17.9 Å². The number of anilines is 1.